The zero-order chi connectivity index (χ0) is 20.5. The Labute approximate surface area is 179 Å². The third-order valence-corrected chi connectivity index (χ3v) is 5.67. The zero-order valence-corrected chi connectivity index (χ0v) is 17.1. The number of urea groups is 1. The molecule has 5 rings (SSSR count). The standard InChI is InChI=1S/C21H22ClN7O/c22-15-4-2-1-3-14(15)17-18(28-19(27-17)13-5-6-13)16-7-8-23-20(26-16)24-9-11-29-12-10-25-21(29)30/h1-4,7-8,13H,5-6,9-12H2,(H,25,30)(H,27,28)(H,23,24,26). The van der Waals surface area contributed by atoms with E-state index < -0.39 is 0 Å². The van der Waals surface area contributed by atoms with Gasteiger partial charge in [0.05, 0.1) is 22.1 Å². The van der Waals surface area contributed by atoms with Crippen LogP contribution < -0.4 is 10.6 Å². The molecule has 2 amide bonds. The number of aromatic amines is 1. The quantitative estimate of drug-likeness (QED) is 0.540. The van der Waals surface area contributed by atoms with Crippen LogP contribution in [-0.2, 0) is 0 Å². The van der Waals surface area contributed by atoms with Gasteiger partial charge in [-0.1, -0.05) is 29.8 Å². The van der Waals surface area contributed by atoms with Gasteiger partial charge in [0.1, 0.15) is 5.82 Å². The van der Waals surface area contributed by atoms with Crippen molar-refractivity contribution in [2.75, 3.05) is 31.5 Å². The molecule has 3 aromatic rings. The predicted octanol–water partition coefficient (Wildman–Crippen LogP) is 3.50. The summed E-state index contributed by atoms with van der Waals surface area (Å²) in [7, 11) is 0. The zero-order valence-electron chi connectivity index (χ0n) is 16.4. The van der Waals surface area contributed by atoms with Gasteiger partial charge in [-0.05, 0) is 25.0 Å². The van der Waals surface area contributed by atoms with Gasteiger partial charge in [0, 0.05) is 43.9 Å². The molecule has 0 bridgehead atoms. The SMILES string of the molecule is O=C1NCCN1CCNc1nccc(-c2[nH]c(C3CC3)nc2-c2ccccc2Cl)n1. The molecule has 0 spiro atoms. The number of nitrogens with one attached hydrogen (secondary N) is 3. The fourth-order valence-electron chi connectivity index (χ4n) is 3.59. The summed E-state index contributed by atoms with van der Waals surface area (Å²) >= 11 is 6.46. The second-order valence-corrected chi connectivity index (χ2v) is 7.92. The van der Waals surface area contributed by atoms with Gasteiger partial charge in [0.15, 0.2) is 0 Å². The van der Waals surface area contributed by atoms with Gasteiger partial charge in [-0.15, -0.1) is 0 Å². The van der Waals surface area contributed by atoms with E-state index in [9.17, 15) is 4.79 Å². The second-order valence-electron chi connectivity index (χ2n) is 7.51. The summed E-state index contributed by atoms with van der Waals surface area (Å²) in [5.41, 5.74) is 3.28. The Bertz CT molecular complexity index is 1080. The van der Waals surface area contributed by atoms with Crippen molar-refractivity contribution in [3.63, 3.8) is 0 Å². The van der Waals surface area contributed by atoms with E-state index in [2.05, 4.69) is 25.6 Å². The number of carbonyl (C=O) groups excluding carboxylic acids is 1. The van der Waals surface area contributed by atoms with E-state index in [1.54, 1.807) is 11.1 Å². The highest BCUT2D eigenvalue weighted by Gasteiger charge is 2.29. The maximum atomic E-state index is 11.7. The number of rotatable bonds is 7. The molecule has 8 nitrogen and oxygen atoms in total. The minimum absolute atomic E-state index is 0.0269. The number of H-pyrrole nitrogens is 1. The molecule has 1 saturated heterocycles. The van der Waals surface area contributed by atoms with Crippen molar-refractivity contribution < 1.29 is 4.79 Å². The molecular weight excluding hydrogens is 402 g/mol. The summed E-state index contributed by atoms with van der Waals surface area (Å²) in [4.78, 5) is 30.7. The molecule has 2 aliphatic rings. The van der Waals surface area contributed by atoms with Gasteiger partial charge in [-0.25, -0.2) is 19.7 Å². The van der Waals surface area contributed by atoms with Crippen molar-refractivity contribution in [2.45, 2.75) is 18.8 Å². The summed E-state index contributed by atoms with van der Waals surface area (Å²) in [6.45, 7) is 2.59. The summed E-state index contributed by atoms with van der Waals surface area (Å²) < 4.78 is 0. The molecule has 1 aromatic carbocycles. The number of hydrogen-bond acceptors (Lipinski definition) is 5. The first-order valence-corrected chi connectivity index (χ1v) is 10.5. The average molecular weight is 424 g/mol. The fourth-order valence-corrected chi connectivity index (χ4v) is 3.81. The Morgan fingerprint density at radius 2 is 2.07 bits per heavy atom. The lowest BCUT2D eigenvalue weighted by Gasteiger charge is -2.14. The van der Waals surface area contributed by atoms with Crippen molar-refractivity contribution in [3.05, 3.63) is 47.4 Å². The van der Waals surface area contributed by atoms with Gasteiger partial charge < -0.3 is 20.5 Å². The Kier molecular flexibility index (Phi) is 5.00. The molecule has 0 radical (unpaired) electrons. The Morgan fingerprint density at radius 3 is 2.83 bits per heavy atom. The van der Waals surface area contributed by atoms with E-state index in [0.29, 0.717) is 36.5 Å². The number of benzene rings is 1. The number of aromatic nitrogens is 4. The van der Waals surface area contributed by atoms with Gasteiger partial charge in [0.25, 0.3) is 0 Å². The van der Waals surface area contributed by atoms with Crippen LogP contribution in [0.3, 0.4) is 0 Å². The Morgan fingerprint density at radius 1 is 1.20 bits per heavy atom. The normalized spacial score (nSPS) is 16.0. The van der Waals surface area contributed by atoms with E-state index in [1.165, 1.54) is 0 Å². The van der Waals surface area contributed by atoms with Gasteiger partial charge in [-0.2, -0.15) is 0 Å². The third-order valence-electron chi connectivity index (χ3n) is 5.34. The second kappa shape index (κ2) is 7.95. The van der Waals surface area contributed by atoms with Crippen LogP contribution in [0.1, 0.15) is 24.6 Å². The largest absolute Gasteiger partial charge is 0.352 e. The molecule has 1 aliphatic heterocycles. The minimum atomic E-state index is -0.0269. The maximum Gasteiger partial charge on any atom is 0.317 e. The van der Waals surface area contributed by atoms with Crippen LogP contribution in [0, 0.1) is 0 Å². The van der Waals surface area contributed by atoms with E-state index in [1.807, 2.05) is 30.3 Å². The van der Waals surface area contributed by atoms with Crippen LogP contribution in [0.15, 0.2) is 36.5 Å². The molecule has 1 aliphatic carbocycles. The minimum Gasteiger partial charge on any atom is -0.352 e. The number of nitrogens with zero attached hydrogens (tertiary/aromatic N) is 4. The number of halogens is 1. The van der Waals surface area contributed by atoms with Crippen LogP contribution in [0.5, 0.6) is 0 Å². The lowest BCUT2D eigenvalue weighted by Crippen LogP contribution is -2.32. The monoisotopic (exact) mass is 423 g/mol. The molecule has 2 fully saturated rings. The van der Waals surface area contributed by atoms with Crippen LogP contribution in [0.4, 0.5) is 10.7 Å². The molecule has 0 atom stereocenters. The third kappa shape index (κ3) is 3.82. The van der Waals surface area contributed by atoms with Crippen molar-refractivity contribution in [1.82, 2.24) is 30.2 Å². The van der Waals surface area contributed by atoms with Crippen LogP contribution in [0.2, 0.25) is 5.02 Å². The number of carbonyl (C=O) groups is 1. The maximum absolute atomic E-state index is 11.7. The predicted molar refractivity (Wildman–Crippen MR) is 115 cm³/mol. The molecule has 154 valence electrons. The summed E-state index contributed by atoms with van der Waals surface area (Å²) in [5, 5.41) is 6.66. The van der Waals surface area contributed by atoms with Gasteiger partial charge in [-0.3, -0.25) is 0 Å². The first-order chi connectivity index (χ1) is 14.7. The van der Waals surface area contributed by atoms with Crippen LogP contribution >= 0.6 is 11.6 Å². The average Bonchev–Trinajstić information content (AvgIpc) is 3.39. The van der Waals surface area contributed by atoms with E-state index in [4.69, 9.17) is 16.6 Å². The van der Waals surface area contributed by atoms with Gasteiger partial charge in [0.2, 0.25) is 5.95 Å². The van der Waals surface area contributed by atoms with Crippen molar-refractivity contribution in [3.8, 4) is 22.6 Å². The Balaban J connectivity index is 1.40. The fraction of sp³-hybridized carbons (Fsp3) is 0.333. The number of anilines is 1. The highest BCUT2D eigenvalue weighted by Crippen LogP contribution is 2.42. The first kappa shape index (κ1) is 18.9. The number of imidazole rings is 1. The highest BCUT2D eigenvalue weighted by atomic mass is 35.5. The highest BCUT2D eigenvalue weighted by molar-refractivity contribution is 6.33. The molecule has 0 unspecified atom stereocenters. The van der Waals surface area contributed by atoms with Crippen molar-refractivity contribution >= 4 is 23.6 Å². The molecule has 9 heteroatoms. The smallest absolute Gasteiger partial charge is 0.317 e. The van der Waals surface area contributed by atoms with Crippen LogP contribution in [-0.4, -0.2) is 57.0 Å². The Hall–Kier alpha value is -3.13. The lowest BCUT2D eigenvalue weighted by atomic mass is 10.1. The molecule has 3 heterocycles. The molecular formula is C21H22ClN7O. The number of amides is 2. The van der Waals surface area contributed by atoms with E-state index >= 15 is 0 Å². The summed E-state index contributed by atoms with van der Waals surface area (Å²) in [6.07, 6.45) is 4.02. The lowest BCUT2D eigenvalue weighted by molar-refractivity contribution is 0.219. The van der Waals surface area contributed by atoms with E-state index in [0.717, 1.165) is 47.9 Å². The summed E-state index contributed by atoms with van der Waals surface area (Å²) in [6, 6.07) is 9.55. The summed E-state index contributed by atoms with van der Waals surface area (Å²) in [5.74, 6) is 1.97. The van der Waals surface area contributed by atoms with Gasteiger partial charge >= 0.3 is 6.03 Å². The van der Waals surface area contributed by atoms with E-state index in [-0.39, 0.29) is 6.03 Å². The number of hydrogen-bond donors (Lipinski definition) is 3. The molecule has 2 aromatic heterocycles. The van der Waals surface area contributed by atoms with Crippen LogP contribution in [0.25, 0.3) is 22.6 Å². The molecule has 30 heavy (non-hydrogen) atoms. The molecule has 1 saturated carbocycles. The van der Waals surface area contributed by atoms with Crippen molar-refractivity contribution in [2.24, 2.45) is 0 Å². The van der Waals surface area contributed by atoms with Crippen molar-refractivity contribution in [1.29, 1.82) is 0 Å². The molecule has 3 N–H and O–H groups in total. The first-order valence-electron chi connectivity index (χ1n) is 10.1. The topological polar surface area (TPSA) is 98.8 Å².